The molecule has 1 aliphatic rings. The number of cyclic esters (lactones) is 1. The van der Waals surface area contributed by atoms with Crippen LogP contribution in [-0.2, 0) is 9.53 Å². The molecule has 0 amide bonds. The number of hydrogen-bond acceptors (Lipinski definition) is 4. The Bertz CT molecular complexity index is 434. The van der Waals surface area contributed by atoms with Gasteiger partial charge < -0.3 is 4.74 Å². The first kappa shape index (κ1) is 9.98. The molecule has 76 valence electrons. The van der Waals surface area contributed by atoms with Gasteiger partial charge in [0, 0.05) is 4.90 Å². The fourth-order valence-corrected chi connectivity index (χ4v) is 1.61. The first-order chi connectivity index (χ1) is 7.29. The highest BCUT2D eigenvalue weighted by Crippen LogP contribution is 2.17. The van der Waals surface area contributed by atoms with Gasteiger partial charge in [0.05, 0.1) is 0 Å². The number of thioether (sulfide) groups is 1. The fraction of sp³-hybridized carbons (Fsp3) is 0.0909. The van der Waals surface area contributed by atoms with Crippen LogP contribution in [0, 0.1) is 0 Å². The molecule has 4 heteroatoms. The second-order valence-corrected chi connectivity index (χ2v) is 3.82. The molecule has 3 nitrogen and oxygen atoms in total. The van der Waals surface area contributed by atoms with Crippen LogP contribution in [0.1, 0.15) is 5.56 Å². The van der Waals surface area contributed by atoms with E-state index in [1.807, 2.05) is 30.5 Å². The lowest BCUT2D eigenvalue weighted by Gasteiger charge is -1.97. The minimum Gasteiger partial charge on any atom is -0.410 e. The smallest absolute Gasteiger partial charge is 0.363 e. The second kappa shape index (κ2) is 4.31. The molecule has 0 aliphatic carbocycles. The average Bonchev–Trinajstić information content (AvgIpc) is 2.66. The highest BCUT2D eigenvalue weighted by Gasteiger charge is 2.14. The molecule has 1 aromatic rings. The maximum absolute atomic E-state index is 11.1. The Morgan fingerprint density at radius 1 is 1.33 bits per heavy atom. The topological polar surface area (TPSA) is 38.7 Å². The Kier molecular flexibility index (Phi) is 2.87. The summed E-state index contributed by atoms with van der Waals surface area (Å²) in [4.78, 5) is 16.1. The third-order valence-electron chi connectivity index (χ3n) is 1.98. The number of carbonyl (C=O) groups excluding carboxylic acids is 1. The van der Waals surface area contributed by atoms with Crippen LogP contribution in [0.15, 0.2) is 39.9 Å². The molecule has 0 atom stereocenters. The lowest BCUT2D eigenvalue weighted by Crippen LogP contribution is -1.95. The summed E-state index contributed by atoms with van der Waals surface area (Å²) in [6.45, 7) is 0. The monoisotopic (exact) mass is 219 g/mol. The van der Waals surface area contributed by atoms with Gasteiger partial charge in [-0.2, -0.15) is 0 Å². The number of rotatable bonds is 2. The van der Waals surface area contributed by atoms with E-state index >= 15 is 0 Å². The third-order valence-corrected chi connectivity index (χ3v) is 2.72. The van der Waals surface area contributed by atoms with Crippen LogP contribution in [0.2, 0.25) is 0 Å². The van der Waals surface area contributed by atoms with Crippen molar-refractivity contribution in [3.8, 4) is 0 Å². The van der Waals surface area contributed by atoms with Gasteiger partial charge in [-0.1, -0.05) is 12.1 Å². The van der Waals surface area contributed by atoms with Crippen molar-refractivity contribution in [2.24, 2.45) is 4.99 Å². The van der Waals surface area contributed by atoms with Gasteiger partial charge in [0.2, 0.25) is 0 Å². The van der Waals surface area contributed by atoms with Gasteiger partial charge in [-0.15, -0.1) is 11.8 Å². The van der Waals surface area contributed by atoms with E-state index in [0.29, 0.717) is 5.70 Å². The van der Waals surface area contributed by atoms with Crippen molar-refractivity contribution in [3.63, 3.8) is 0 Å². The molecule has 1 aromatic carbocycles. The Morgan fingerprint density at radius 2 is 2.07 bits per heavy atom. The van der Waals surface area contributed by atoms with Crippen LogP contribution in [-0.4, -0.2) is 18.6 Å². The number of esters is 1. The van der Waals surface area contributed by atoms with Crippen molar-refractivity contribution in [1.82, 2.24) is 0 Å². The van der Waals surface area contributed by atoms with Crippen LogP contribution in [0.25, 0.3) is 6.08 Å². The summed E-state index contributed by atoms with van der Waals surface area (Å²) >= 11 is 1.68. The predicted molar refractivity (Wildman–Crippen MR) is 60.8 cm³/mol. The van der Waals surface area contributed by atoms with Gasteiger partial charge in [0.25, 0.3) is 0 Å². The second-order valence-electron chi connectivity index (χ2n) is 2.94. The van der Waals surface area contributed by atoms with Crippen LogP contribution in [0.3, 0.4) is 0 Å². The van der Waals surface area contributed by atoms with Crippen LogP contribution >= 0.6 is 11.8 Å². The normalized spacial score (nSPS) is 17.1. The maximum Gasteiger partial charge on any atom is 0.363 e. The van der Waals surface area contributed by atoms with E-state index in [1.54, 1.807) is 17.8 Å². The summed E-state index contributed by atoms with van der Waals surface area (Å²) in [5.41, 5.74) is 1.28. The van der Waals surface area contributed by atoms with E-state index in [4.69, 9.17) is 0 Å². The maximum atomic E-state index is 11.1. The molecule has 0 N–H and O–H groups in total. The lowest BCUT2D eigenvalue weighted by atomic mass is 10.2. The number of ether oxygens (including phenoxy) is 1. The van der Waals surface area contributed by atoms with Crippen molar-refractivity contribution in [2.45, 2.75) is 4.90 Å². The summed E-state index contributed by atoms with van der Waals surface area (Å²) in [5.74, 6) is -0.399. The zero-order chi connectivity index (χ0) is 10.7. The number of carbonyl (C=O) groups is 1. The zero-order valence-corrected chi connectivity index (χ0v) is 8.95. The third kappa shape index (κ3) is 2.27. The first-order valence-corrected chi connectivity index (χ1v) is 5.61. The van der Waals surface area contributed by atoms with E-state index < -0.39 is 5.97 Å². The number of hydrogen-bond donors (Lipinski definition) is 0. The predicted octanol–water partition coefficient (Wildman–Crippen LogP) is 2.33. The molecule has 0 aromatic heterocycles. The van der Waals surface area contributed by atoms with E-state index in [1.165, 1.54) is 4.90 Å². The van der Waals surface area contributed by atoms with Crippen molar-refractivity contribution < 1.29 is 9.53 Å². The molecule has 1 aliphatic heterocycles. The molecular weight excluding hydrogens is 210 g/mol. The molecule has 15 heavy (non-hydrogen) atoms. The summed E-state index contributed by atoms with van der Waals surface area (Å²) in [6.07, 6.45) is 4.88. The highest BCUT2D eigenvalue weighted by atomic mass is 32.2. The van der Waals surface area contributed by atoms with E-state index in [-0.39, 0.29) is 0 Å². The Balaban J connectivity index is 2.23. The molecule has 0 saturated carbocycles. The molecule has 0 radical (unpaired) electrons. The van der Waals surface area contributed by atoms with Gasteiger partial charge in [-0.25, -0.2) is 9.79 Å². The highest BCUT2D eigenvalue weighted by molar-refractivity contribution is 7.98. The fourth-order valence-electron chi connectivity index (χ4n) is 1.20. The van der Waals surface area contributed by atoms with Crippen LogP contribution in [0.5, 0.6) is 0 Å². The van der Waals surface area contributed by atoms with Gasteiger partial charge in [-0.3, -0.25) is 0 Å². The molecule has 0 spiro atoms. The molecule has 0 bridgehead atoms. The Hall–Kier alpha value is -1.55. The van der Waals surface area contributed by atoms with Gasteiger partial charge in [0.1, 0.15) is 0 Å². The average molecular weight is 219 g/mol. The first-order valence-electron chi connectivity index (χ1n) is 4.39. The summed E-state index contributed by atoms with van der Waals surface area (Å²) < 4.78 is 4.58. The summed E-state index contributed by atoms with van der Waals surface area (Å²) in [6, 6.07) is 7.89. The van der Waals surface area contributed by atoms with Crippen LogP contribution in [0.4, 0.5) is 0 Å². The van der Waals surface area contributed by atoms with E-state index in [0.717, 1.165) is 12.0 Å². The van der Waals surface area contributed by atoms with E-state index in [9.17, 15) is 4.79 Å². The van der Waals surface area contributed by atoms with Crippen molar-refractivity contribution >= 4 is 30.2 Å². The van der Waals surface area contributed by atoms with E-state index in [2.05, 4.69) is 9.73 Å². The van der Waals surface area contributed by atoms with Crippen LogP contribution < -0.4 is 0 Å². The van der Waals surface area contributed by atoms with Crippen molar-refractivity contribution in [1.29, 1.82) is 0 Å². The molecular formula is C11H9NO2S. The SMILES string of the molecule is CSc1ccc(C=C2N=COC2=O)cc1. The van der Waals surface area contributed by atoms with Gasteiger partial charge >= 0.3 is 5.97 Å². The zero-order valence-electron chi connectivity index (χ0n) is 8.14. The number of aliphatic imine (C=N–C) groups is 1. The standard InChI is InChI=1S/C11H9NO2S/c1-15-9-4-2-8(3-5-9)6-10-11(13)14-7-12-10/h2-7H,1H3. The molecule has 2 rings (SSSR count). The summed E-state index contributed by atoms with van der Waals surface area (Å²) in [7, 11) is 0. The lowest BCUT2D eigenvalue weighted by molar-refractivity contribution is -0.129. The van der Waals surface area contributed by atoms with Crippen molar-refractivity contribution in [3.05, 3.63) is 35.5 Å². The quantitative estimate of drug-likeness (QED) is 0.435. The number of benzene rings is 1. The molecule has 0 fully saturated rings. The van der Waals surface area contributed by atoms with Gasteiger partial charge in [0.15, 0.2) is 12.1 Å². The Morgan fingerprint density at radius 3 is 2.60 bits per heavy atom. The van der Waals surface area contributed by atoms with Crippen molar-refractivity contribution in [2.75, 3.05) is 6.26 Å². The largest absolute Gasteiger partial charge is 0.410 e. The number of nitrogens with zero attached hydrogens (tertiary/aromatic N) is 1. The Labute approximate surface area is 91.9 Å². The minimum atomic E-state index is -0.399. The molecule has 0 unspecified atom stereocenters. The molecule has 1 heterocycles. The summed E-state index contributed by atoms with van der Waals surface area (Å²) in [5, 5.41) is 0. The minimum absolute atomic E-state index is 0.340. The molecule has 0 saturated heterocycles. The van der Waals surface area contributed by atoms with Gasteiger partial charge in [-0.05, 0) is 30.0 Å².